The minimum Gasteiger partial charge on any atom is -0.409 e. The summed E-state index contributed by atoms with van der Waals surface area (Å²) in [6.07, 6.45) is 2.83. The smallest absolute Gasteiger partial charge is 0.242 e. The molecule has 100 valence electrons. The van der Waals surface area contributed by atoms with Gasteiger partial charge in [0.2, 0.25) is 10.0 Å². The van der Waals surface area contributed by atoms with Crippen molar-refractivity contribution in [3.63, 3.8) is 0 Å². The Morgan fingerprint density at radius 2 is 2.33 bits per heavy atom. The maximum atomic E-state index is 11.9. The molecule has 0 aliphatic rings. The molecule has 1 unspecified atom stereocenters. The van der Waals surface area contributed by atoms with Crippen molar-refractivity contribution < 1.29 is 13.6 Å². The number of hydrogen-bond donors (Lipinski definition) is 3. The molecule has 0 aromatic carbocycles. The molecule has 0 radical (unpaired) electrons. The summed E-state index contributed by atoms with van der Waals surface area (Å²) in [5.74, 6) is -0.0439. The van der Waals surface area contributed by atoms with Gasteiger partial charge in [0.1, 0.15) is 10.7 Å². The van der Waals surface area contributed by atoms with Crippen LogP contribution in [0.5, 0.6) is 0 Å². The Hall–Kier alpha value is -1.19. The zero-order valence-corrected chi connectivity index (χ0v) is 11.9. The second-order valence-corrected chi connectivity index (χ2v) is 6.29. The van der Waals surface area contributed by atoms with Crippen LogP contribution < -0.4 is 10.5 Å². The monoisotopic (exact) mass is 336 g/mol. The largest absolute Gasteiger partial charge is 0.409 e. The predicted molar refractivity (Wildman–Crippen MR) is 69.7 cm³/mol. The van der Waals surface area contributed by atoms with Crippen LogP contribution in [0.25, 0.3) is 0 Å². The third kappa shape index (κ3) is 4.24. The van der Waals surface area contributed by atoms with Crippen molar-refractivity contribution in [3.05, 3.63) is 22.9 Å². The van der Waals surface area contributed by atoms with Gasteiger partial charge in [0.15, 0.2) is 0 Å². The van der Waals surface area contributed by atoms with E-state index in [1.165, 1.54) is 18.5 Å². The number of oxime groups is 1. The number of amidine groups is 1. The van der Waals surface area contributed by atoms with Crippen molar-refractivity contribution in [1.29, 1.82) is 0 Å². The summed E-state index contributed by atoms with van der Waals surface area (Å²) in [4.78, 5) is 3.83. The molecule has 0 aliphatic carbocycles. The summed E-state index contributed by atoms with van der Waals surface area (Å²) >= 11 is 3.15. The molecule has 9 heteroatoms. The lowest BCUT2D eigenvalue weighted by atomic mass is 10.2. The highest BCUT2D eigenvalue weighted by atomic mass is 79.9. The molecule has 4 N–H and O–H groups in total. The minimum atomic E-state index is -3.67. The first kappa shape index (κ1) is 14.9. The van der Waals surface area contributed by atoms with Crippen molar-refractivity contribution in [2.45, 2.75) is 24.3 Å². The lowest BCUT2D eigenvalue weighted by Crippen LogP contribution is -2.35. The third-order valence-electron chi connectivity index (χ3n) is 1.99. The van der Waals surface area contributed by atoms with Gasteiger partial charge in [-0.3, -0.25) is 4.98 Å². The number of nitrogens with one attached hydrogen (secondary N) is 1. The maximum absolute atomic E-state index is 11.9. The molecule has 0 bridgehead atoms. The maximum Gasteiger partial charge on any atom is 0.242 e. The zero-order valence-electron chi connectivity index (χ0n) is 9.54. The Morgan fingerprint density at radius 3 is 2.89 bits per heavy atom. The summed E-state index contributed by atoms with van der Waals surface area (Å²) in [6.45, 7) is 1.61. The van der Waals surface area contributed by atoms with Crippen LogP contribution in [0.3, 0.4) is 0 Å². The molecule has 1 aromatic rings. The molecule has 1 aromatic heterocycles. The summed E-state index contributed by atoms with van der Waals surface area (Å²) < 4.78 is 26.9. The van der Waals surface area contributed by atoms with Gasteiger partial charge in [-0.15, -0.1) is 0 Å². The van der Waals surface area contributed by atoms with Crippen molar-refractivity contribution in [3.8, 4) is 0 Å². The Bertz CT molecular complexity index is 546. The lowest BCUT2D eigenvalue weighted by molar-refractivity contribution is 0.316. The quantitative estimate of drug-likeness (QED) is 0.316. The van der Waals surface area contributed by atoms with Gasteiger partial charge in [0.25, 0.3) is 0 Å². The van der Waals surface area contributed by atoms with Crippen LogP contribution in [0, 0.1) is 0 Å². The first-order valence-electron chi connectivity index (χ1n) is 4.94. The van der Waals surface area contributed by atoms with Gasteiger partial charge >= 0.3 is 0 Å². The Kier molecular flexibility index (Phi) is 5.05. The predicted octanol–water partition coefficient (Wildman–Crippen LogP) is 0.647. The van der Waals surface area contributed by atoms with Gasteiger partial charge < -0.3 is 10.9 Å². The van der Waals surface area contributed by atoms with Crippen LogP contribution >= 0.6 is 15.9 Å². The summed E-state index contributed by atoms with van der Waals surface area (Å²) in [5, 5.41) is 11.2. The van der Waals surface area contributed by atoms with Crippen molar-refractivity contribution >= 4 is 31.8 Å². The summed E-state index contributed by atoms with van der Waals surface area (Å²) in [7, 11) is -3.67. The number of hydrogen-bond acceptors (Lipinski definition) is 5. The average Bonchev–Trinajstić information content (AvgIpc) is 2.28. The fraction of sp³-hybridized carbons (Fsp3) is 0.333. The van der Waals surface area contributed by atoms with Crippen LogP contribution in [0.4, 0.5) is 0 Å². The zero-order chi connectivity index (χ0) is 13.8. The van der Waals surface area contributed by atoms with Crippen molar-refractivity contribution in [2.75, 3.05) is 0 Å². The van der Waals surface area contributed by atoms with Crippen LogP contribution in [-0.4, -0.2) is 30.5 Å². The molecule has 0 amide bonds. The van der Waals surface area contributed by atoms with Gasteiger partial charge in [0.05, 0.1) is 0 Å². The van der Waals surface area contributed by atoms with E-state index in [4.69, 9.17) is 10.9 Å². The Balaban J connectivity index is 2.83. The number of aromatic nitrogens is 1. The Morgan fingerprint density at radius 1 is 1.67 bits per heavy atom. The van der Waals surface area contributed by atoms with Gasteiger partial charge in [-0.2, -0.15) is 0 Å². The summed E-state index contributed by atoms with van der Waals surface area (Å²) in [5.41, 5.74) is 5.30. The van der Waals surface area contributed by atoms with E-state index >= 15 is 0 Å². The number of halogens is 1. The molecule has 1 heterocycles. The number of nitrogens with zero attached hydrogens (tertiary/aromatic N) is 2. The van der Waals surface area contributed by atoms with E-state index in [-0.39, 0.29) is 17.2 Å². The van der Waals surface area contributed by atoms with Gasteiger partial charge in [0, 0.05) is 29.3 Å². The van der Waals surface area contributed by atoms with Crippen molar-refractivity contribution in [2.24, 2.45) is 10.9 Å². The molecular weight excluding hydrogens is 324 g/mol. The van der Waals surface area contributed by atoms with Gasteiger partial charge in [-0.1, -0.05) is 5.16 Å². The van der Waals surface area contributed by atoms with Crippen molar-refractivity contribution in [1.82, 2.24) is 9.71 Å². The second-order valence-electron chi connectivity index (χ2n) is 3.66. The highest BCUT2D eigenvalue weighted by Gasteiger charge is 2.18. The molecule has 1 rings (SSSR count). The van der Waals surface area contributed by atoms with Gasteiger partial charge in [-0.05, 0) is 28.9 Å². The van der Waals surface area contributed by atoms with E-state index < -0.39 is 16.1 Å². The van der Waals surface area contributed by atoms with E-state index in [0.717, 1.165) is 0 Å². The van der Waals surface area contributed by atoms with E-state index in [1.807, 2.05) is 0 Å². The van der Waals surface area contributed by atoms with Gasteiger partial charge in [-0.25, -0.2) is 13.1 Å². The molecule has 0 saturated carbocycles. The Labute approximate surface area is 113 Å². The molecule has 18 heavy (non-hydrogen) atoms. The van der Waals surface area contributed by atoms with Crippen LogP contribution in [-0.2, 0) is 10.0 Å². The molecule has 0 spiro atoms. The van der Waals surface area contributed by atoms with E-state index in [2.05, 4.69) is 30.8 Å². The van der Waals surface area contributed by atoms with Crippen LogP contribution in [0.1, 0.15) is 13.3 Å². The van der Waals surface area contributed by atoms with E-state index in [0.29, 0.717) is 4.47 Å². The highest BCUT2D eigenvalue weighted by Crippen LogP contribution is 2.14. The lowest BCUT2D eigenvalue weighted by Gasteiger charge is -2.13. The van der Waals surface area contributed by atoms with Crippen LogP contribution in [0.15, 0.2) is 33.0 Å². The molecule has 0 aliphatic heterocycles. The molecule has 0 saturated heterocycles. The van der Waals surface area contributed by atoms with E-state index in [1.54, 1.807) is 6.92 Å². The first-order valence-corrected chi connectivity index (χ1v) is 7.22. The van der Waals surface area contributed by atoms with E-state index in [9.17, 15) is 8.42 Å². The molecular formula is C9H13BrN4O3S. The molecule has 1 atom stereocenters. The molecule has 7 nitrogen and oxygen atoms in total. The number of nitrogens with two attached hydrogens (primary N) is 1. The third-order valence-corrected chi connectivity index (χ3v) is 3.98. The fourth-order valence-electron chi connectivity index (χ4n) is 1.27. The number of rotatable bonds is 5. The first-order chi connectivity index (χ1) is 8.35. The fourth-order valence-corrected chi connectivity index (χ4v) is 3.02. The number of sulfonamides is 1. The number of pyridine rings is 1. The minimum absolute atomic E-state index is 0.0439. The SMILES string of the molecule is CC(CC(N)=NO)NS(=O)(=O)c1cncc(Br)c1. The average molecular weight is 337 g/mol. The normalized spacial score (nSPS) is 14.4. The standard InChI is InChI=1S/C9H13BrN4O3S/c1-6(2-9(11)13-15)14-18(16,17)8-3-7(10)4-12-5-8/h3-6,14-15H,2H2,1H3,(H2,11,13). The topological polar surface area (TPSA) is 118 Å². The summed E-state index contributed by atoms with van der Waals surface area (Å²) in [6, 6.07) is 0.941. The van der Waals surface area contributed by atoms with Crippen LogP contribution in [0.2, 0.25) is 0 Å². The second kappa shape index (κ2) is 6.12. The highest BCUT2D eigenvalue weighted by molar-refractivity contribution is 9.10. The molecule has 0 fully saturated rings.